The number of pyridine rings is 1. The first-order chi connectivity index (χ1) is 10.8. The number of hydrogen-bond donors (Lipinski definition) is 0. The summed E-state index contributed by atoms with van der Waals surface area (Å²) in [5, 5.41) is 0. The van der Waals surface area contributed by atoms with Crippen molar-refractivity contribution >= 4 is 12.7 Å². The summed E-state index contributed by atoms with van der Waals surface area (Å²) in [6, 6.07) is 12.7. The molecular formula is C19H24BNO2. The van der Waals surface area contributed by atoms with Crippen LogP contribution in [0.5, 0.6) is 0 Å². The van der Waals surface area contributed by atoms with Crippen LogP contribution in [0.2, 0.25) is 0 Å². The molecule has 23 heavy (non-hydrogen) atoms. The third-order valence-corrected chi connectivity index (χ3v) is 4.97. The molecule has 0 bridgehead atoms. The van der Waals surface area contributed by atoms with Crippen molar-refractivity contribution in [2.24, 2.45) is 0 Å². The van der Waals surface area contributed by atoms with E-state index in [-0.39, 0.29) is 11.2 Å². The third-order valence-electron chi connectivity index (χ3n) is 4.97. The number of nitrogens with zero attached hydrogens (tertiary/aromatic N) is 1. The fourth-order valence-electron chi connectivity index (χ4n) is 2.65. The zero-order chi connectivity index (χ0) is 16.7. The van der Waals surface area contributed by atoms with Gasteiger partial charge in [0.15, 0.2) is 0 Å². The van der Waals surface area contributed by atoms with Crippen molar-refractivity contribution in [3.05, 3.63) is 48.2 Å². The molecule has 0 aliphatic carbocycles. The van der Waals surface area contributed by atoms with E-state index in [1.165, 1.54) is 11.1 Å². The molecule has 4 heteroatoms. The predicted molar refractivity (Wildman–Crippen MR) is 94.8 cm³/mol. The van der Waals surface area contributed by atoms with Gasteiger partial charge in [0.25, 0.3) is 0 Å². The van der Waals surface area contributed by atoms with Crippen molar-refractivity contribution in [3.8, 4) is 11.1 Å². The van der Waals surface area contributed by atoms with Crippen LogP contribution in [-0.2, 0) is 15.7 Å². The minimum atomic E-state index is -0.421. The Balaban J connectivity index is 1.88. The molecule has 1 fully saturated rings. The van der Waals surface area contributed by atoms with E-state index in [4.69, 9.17) is 9.31 Å². The topological polar surface area (TPSA) is 31.4 Å². The molecule has 3 rings (SSSR count). The van der Waals surface area contributed by atoms with E-state index < -0.39 is 7.12 Å². The molecule has 0 radical (unpaired) electrons. The number of benzene rings is 1. The predicted octanol–water partition coefficient (Wildman–Crippen LogP) is 3.61. The van der Waals surface area contributed by atoms with Crippen molar-refractivity contribution in [3.63, 3.8) is 0 Å². The van der Waals surface area contributed by atoms with Crippen LogP contribution in [0.1, 0.15) is 40.2 Å². The van der Waals surface area contributed by atoms with Crippen LogP contribution < -0.4 is 5.59 Å². The molecule has 0 spiro atoms. The molecule has 1 aromatic carbocycles. The van der Waals surface area contributed by atoms with Crippen LogP contribution in [0.15, 0.2) is 42.6 Å². The van der Waals surface area contributed by atoms with Crippen molar-refractivity contribution in [2.75, 3.05) is 0 Å². The Morgan fingerprint density at radius 3 is 2.09 bits per heavy atom. The van der Waals surface area contributed by atoms with Crippen molar-refractivity contribution in [1.29, 1.82) is 0 Å². The van der Waals surface area contributed by atoms with Gasteiger partial charge in [-0.1, -0.05) is 31.2 Å². The largest absolute Gasteiger partial charge is 0.514 e. The molecule has 0 N–H and O–H groups in total. The van der Waals surface area contributed by atoms with Gasteiger partial charge in [0.1, 0.15) is 0 Å². The maximum absolute atomic E-state index is 6.09. The van der Waals surface area contributed by atoms with Crippen molar-refractivity contribution in [2.45, 2.75) is 52.2 Å². The summed E-state index contributed by atoms with van der Waals surface area (Å²) in [7, 11) is -0.421. The van der Waals surface area contributed by atoms with Gasteiger partial charge >= 0.3 is 7.12 Å². The minimum Gasteiger partial charge on any atom is -0.398 e. The van der Waals surface area contributed by atoms with Crippen LogP contribution in [0.25, 0.3) is 11.1 Å². The second-order valence-corrected chi connectivity index (χ2v) is 7.11. The monoisotopic (exact) mass is 309 g/mol. The molecule has 0 amide bonds. The molecule has 0 unspecified atom stereocenters. The molecule has 2 heterocycles. The highest BCUT2D eigenvalue weighted by atomic mass is 16.7. The highest BCUT2D eigenvalue weighted by molar-refractivity contribution is 6.61. The Bertz CT molecular complexity index is 679. The first-order valence-corrected chi connectivity index (χ1v) is 8.23. The quantitative estimate of drug-likeness (QED) is 0.812. The molecule has 1 saturated heterocycles. The van der Waals surface area contributed by atoms with Crippen LogP contribution >= 0.6 is 0 Å². The standard InChI is InChI=1S/C19H24BNO2/c1-6-14-7-9-15(10-8-14)16-11-12-21-17(13-16)20-22-18(2,3)19(4,5)23-20/h7-13H,6H2,1-5H3. The van der Waals surface area contributed by atoms with Gasteiger partial charge < -0.3 is 9.31 Å². The van der Waals surface area contributed by atoms with Gasteiger partial charge in [-0.05, 0) is 62.9 Å². The van der Waals surface area contributed by atoms with Crippen LogP contribution in [0.4, 0.5) is 0 Å². The lowest BCUT2D eigenvalue weighted by atomic mass is 9.83. The second kappa shape index (κ2) is 5.77. The Hall–Kier alpha value is -1.65. The number of aryl methyl sites for hydroxylation is 1. The number of rotatable bonds is 3. The molecule has 1 aliphatic rings. The number of hydrogen-bond acceptors (Lipinski definition) is 3. The van der Waals surface area contributed by atoms with Crippen LogP contribution in [0.3, 0.4) is 0 Å². The summed E-state index contributed by atoms with van der Waals surface area (Å²) in [6.45, 7) is 10.4. The summed E-state index contributed by atoms with van der Waals surface area (Å²) in [5.41, 5.74) is 3.78. The van der Waals surface area contributed by atoms with Gasteiger partial charge in [0.2, 0.25) is 0 Å². The summed E-state index contributed by atoms with van der Waals surface area (Å²) in [5.74, 6) is 0. The summed E-state index contributed by atoms with van der Waals surface area (Å²) in [4.78, 5) is 4.46. The summed E-state index contributed by atoms with van der Waals surface area (Å²) in [6.07, 6.45) is 2.87. The van der Waals surface area contributed by atoms with E-state index in [2.05, 4.69) is 69.9 Å². The highest BCUT2D eigenvalue weighted by Gasteiger charge is 2.52. The SMILES string of the molecule is CCc1ccc(-c2ccnc(B3OC(C)(C)C(C)(C)O3)c2)cc1. The van der Waals surface area contributed by atoms with Gasteiger partial charge in [-0.25, -0.2) is 0 Å². The zero-order valence-electron chi connectivity index (χ0n) is 14.6. The van der Waals surface area contributed by atoms with Crippen LogP contribution in [0, 0.1) is 0 Å². The summed E-state index contributed by atoms with van der Waals surface area (Å²) < 4.78 is 12.2. The Kier molecular flexibility index (Phi) is 4.07. The molecule has 2 aromatic rings. The Morgan fingerprint density at radius 2 is 1.52 bits per heavy atom. The smallest absolute Gasteiger partial charge is 0.398 e. The van der Waals surface area contributed by atoms with Gasteiger partial charge in [0, 0.05) is 6.20 Å². The van der Waals surface area contributed by atoms with Gasteiger partial charge in [-0.15, -0.1) is 0 Å². The normalized spacial score (nSPS) is 19.1. The van der Waals surface area contributed by atoms with E-state index in [9.17, 15) is 0 Å². The molecule has 3 nitrogen and oxygen atoms in total. The fourth-order valence-corrected chi connectivity index (χ4v) is 2.65. The lowest BCUT2D eigenvalue weighted by molar-refractivity contribution is 0.00578. The zero-order valence-corrected chi connectivity index (χ0v) is 14.6. The number of aromatic nitrogens is 1. The summed E-state index contributed by atoms with van der Waals surface area (Å²) >= 11 is 0. The van der Waals surface area contributed by atoms with E-state index in [0.29, 0.717) is 0 Å². The molecule has 0 atom stereocenters. The molecule has 120 valence electrons. The molecule has 1 aliphatic heterocycles. The van der Waals surface area contributed by atoms with Gasteiger partial charge in [-0.2, -0.15) is 0 Å². The fraction of sp³-hybridized carbons (Fsp3) is 0.421. The van der Waals surface area contributed by atoms with E-state index in [1.54, 1.807) is 0 Å². The lowest BCUT2D eigenvalue weighted by Gasteiger charge is -2.32. The van der Waals surface area contributed by atoms with Gasteiger partial charge in [0.05, 0.1) is 16.8 Å². The average Bonchev–Trinajstić information content (AvgIpc) is 2.76. The third kappa shape index (κ3) is 3.06. The second-order valence-electron chi connectivity index (χ2n) is 7.11. The van der Waals surface area contributed by atoms with Crippen molar-refractivity contribution in [1.82, 2.24) is 4.98 Å². The highest BCUT2D eigenvalue weighted by Crippen LogP contribution is 2.36. The van der Waals surface area contributed by atoms with Crippen LogP contribution in [-0.4, -0.2) is 23.3 Å². The minimum absolute atomic E-state index is 0.349. The Labute approximate surface area is 139 Å². The average molecular weight is 309 g/mol. The maximum Gasteiger partial charge on any atom is 0.514 e. The van der Waals surface area contributed by atoms with E-state index in [1.807, 2.05) is 12.3 Å². The molecular weight excluding hydrogens is 285 g/mol. The first-order valence-electron chi connectivity index (χ1n) is 8.23. The van der Waals surface area contributed by atoms with E-state index >= 15 is 0 Å². The first kappa shape index (κ1) is 16.2. The van der Waals surface area contributed by atoms with E-state index in [0.717, 1.165) is 17.6 Å². The maximum atomic E-state index is 6.09. The van der Waals surface area contributed by atoms with Gasteiger partial charge in [-0.3, -0.25) is 4.98 Å². The Morgan fingerprint density at radius 1 is 0.913 bits per heavy atom. The lowest BCUT2D eigenvalue weighted by Crippen LogP contribution is -2.41. The molecule has 1 aromatic heterocycles. The van der Waals surface area contributed by atoms with Crippen molar-refractivity contribution < 1.29 is 9.31 Å². The molecule has 0 saturated carbocycles.